The van der Waals surface area contributed by atoms with Gasteiger partial charge < -0.3 is 0 Å². The Morgan fingerprint density at radius 1 is 1.20 bits per heavy atom. The molecule has 1 N–H and O–H groups in total. The first-order valence-electron chi connectivity index (χ1n) is 6.33. The molecule has 0 aromatic carbocycles. The Hall–Kier alpha value is -2.37. The molecule has 0 aliphatic carbocycles. The summed E-state index contributed by atoms with van der Waals surface area (Å²) in [6, 6.07) is 3.32. The summed E-state index contributed by atoms with van der Waals surface area (Å²) in [5.41, 5.74) is 5.83. The SMILES string of the molecule is Cc1cc(C)n(NC(=O)c2c(C)nn(C)c2C)c(=O)c1. The third-order valence-electron chi connectivity index (χ3n) is 3.31. The summed E-state index contributed by atoms with van der Waals surface area (Å²) in [5.74, 6) is -0.331. The molecule has 20 heavy (non-hydrogen) atoms. The first-order valence-corrected chi connectivity index (χ1v) is 6.33. The van der Waals surface area contributed by atoms with Crippen LogP contribution in [-0.2, 0) is 7.05 Å². The zero-order chi connectivity index (χ0) is 15.0. The lowest BCUT2D eigenvalue weighted by Gasteiger charge is -2.12. The van der Waals surface area contributed by atoms with Crippen molar-refractivity contribution in [3.05, 3.63) is 50.7 Å². The molecule has 2 rings (SSSR count). The number of hydrogen-bond acceptors (Lipinski definition) is 3. The molecule has 2 aromatic heterocycles. The third kappa shape index (κ3) is 2.36. The maximum Gasteiger partial charge on any atom is 0.273 e. The van der Waals surface area contributed by atoms with Crippen molar-refractivity contribution in [2.75, 3.05) is 5.43 Å². The Morgan fingerprint density at radius 2 is 1.85 bits per heavy atom. The van der Waals surface area contributed by atoms with Gasteiger partial charge in [-0.05, 0) is 39.3 Å². The average molecular weight is 274 g/mol. The van der Waals surface area contributed by atoms with Crippen molar-refractivity contribution < 1.29 is 4.79 Å². The van der Waals surface area contributed by atoms with E-state index in [0.717, 1.165) is 11.3 Å². The number of carbonyl (C=O) groups is 1. The van der Waals surface area contributed by atoms with E-state index >= 15 is 0 Å². The molecule has 1 amide bonds. The van der Waals surface area contributed by atoms with E-state index in [4.69, 9.17) is 0 Å². The molecule has 0 radical (unpaired) electrons. The molecule has 0 fully saturated rings. The van der Waals surface area contributed by atoms with Gasteiger partial charge in [0.2, 0.25) is 0 Å². The van der Waals surface area contributed by atoms with Crippen LogP contribution in [0.4, 0.5) is 0 Å². The lowest BCUT2D eigenvalue weighted by atomic mass is 10.2. The zero-order valence-corrected chi connectivity index (χ0v) is 12.3. The van der Waals surface area contributed by atoms with Gasteiger partial charge in [0.25, 0.3) is 11.5 Å². The molecule has 2 heterocycles. The van der Waals surface area contributed by atoms with Crippen LogP contribution >= 0.6 is 0 Å². The standard InChI is InChI=1S/C14H18N4O2/c1-8-6-9(2)18(12(19)7-8)16-14(20)13-10(3)15-17(5)11(13)4/h6-7H,1-5H3,(H,16,20). The van der Waals surface area contributed by atoms with Crippen molar-refractivity contribution in [3.63, 3.8) is 0 Å². The van der Waals surface area contributed by atoms with E-state index in [-0.39, 0.29) is 11.5 Å². The number of hydrogen-bond donors (Lipinski definition) is 1. The van der Waals surface area contributed by atoms with Crippen LogP contribution in [0.3, 0.4) is 0 Å². The highest BCUT2D eigenvalue weighted by Gasteiger charge is 2.18. The summed E-state index contributed by atoms with van der Waals surface area (Å²) >= 11 is 0. The Labute approximate surface area is 117 Å². The van der Waals surface area contributed by atoms with Gasteiger partial charge in [-0.1, -0.05) is 0 Å². The third-order valence-corrected chi connectivity index (χ3v) is 3.31. The lowest BCUT2D eigenvalue weighted by Crippen LogP contribution is -2.34. The fourth-order valence-corrected chi connectivity index (χ4v) is 2.27. The predicted octanol–water partition coefficient (Wildman–Crippen LogP) is 1.20. The van der Waals surface area contributed by atoms with Crippen molar-refractivity contribution in [1.29, 1.82) is 0 Å². The topological polar surface area (TPSA) is 68.9 Å². The predicted molar refractivity (Wildman–Crippen MR) is 76.5 cm³/mol. The minimum atomic E-state index is -0.331. The highest BCUT2D eigenvalue weighted by Crippen LogP contribution is 2.12. The van der Waals surface area contributed by atoms with Gasteiger partial charge in [0, 0.05) is 24.5 Å². The Kier molecular flexibility index (Phi) is 3.48. The van der Waals surface area contributed by atoms with E-state index in [1.54, 1.807) is 25.6 Å². The lowest BCUT2D eigenvalue weighted by molar-refractivity contribution is 0.100. The molecule has 2 aromatic rings. The van der Waals surface area contributed by atoms with E-state index in [1.165, 1.54) is 10.7 Å². The number of nitrogens with zero attached hydrogens (tertiary/aromatic N) is 3. The van der Waals surface area contributed by atoms with E-state index in [2.05, 4.69) is 10.5 Å². The second-order valence-corrected chi connectivity index (χ2v) is 4.96. The summed E-state index contributed by atoms with van der Waals surface area (Å²) in [4.78, 5) is 24.3. The van der Waals surface area contributed by atoms with Crippen molar-refractivity contribution in [2.24, 2.45) is 7.05 Å². The molecule has 0 aliphatic rings. The molecular weight excluding hydrogens is 256 g/mol. The van der Waals surface area contributed by atoms with Gasteiger partial charge in [-0.3, -0.25) is 19.7 Å². The normalized spacial score (nSPS) is 10.7. The van der Waals surface area contributed by atoms with Gasteiger partial charge in [-0.2, -0.15) is 5.10 Å². The van der Waals surface area contributed by atoms with Crippen molar-refractivity contribution in [1.82, 2.24) is 14.5 Å². The van der Waals surface area contributed by atoms with E-state index in [0.29, 0.717) is 17.0 Å². The van der Waals surface area contributed by atoms with Gasteiger partial charge in [0.1, 0.15) is 0 Å². The maximum absolute atomic E-state index is 12.3. The summed E-state index contributed by atoms with van der Waals surface area (Å²) in [6.45, 7) is 7.21. The number of aryl methyl sites for hydroxylation is 4. The molecular formula is C14H18N4O2. The van der Waals surface area contributed by atoms with Gasteiger partial charge in [-0.15, -0.1) is 0 Å². The first kappa shape index (κ1) is 14.0. The maximum atomic E-state index is 12.3. The monoisotopic (exact) mass is 274 g/mol. The highest BCUT2D eigenvalue weighted by atomic mass is 16.2. The minimum Gasteiger partial charge on any atom is -0.272 e. The molecule has 0 atom stereocenters. The molecule has 0 spiro atoms. The first-order chi connectivity index (χ1) is 9.31. The second kappa shape index (κ2) is 4.96. The second-order valence-electron chi connectivity index (χ2n) is 4.96. The average Bonchev–Trinajstić information content (AvgIpc) is 2.58. The molecule has 0 saturated carbocycles. The van der Waals surface area contributed by atoms with Crippen molar-refractivity contribution in [3.8, 4) is 0 Å². The van der Waals surface area contributed by atoms with Gasteiger partial charge in [0.05, 0.1) is 11.3 Å². The minimum absolute atomic E-state index is 0.255. The fourth-order valence-electron chi connectivity index (χ4n) is 2.27. The van der Waals surface area contributed by atoms with E-state index in [9.17, 15) is 9.59 Å². The van der Waals surface area contributed by atoms with Crippen LogP contribution in [-0.4, -0.2) is 20.4 Å². The van der Waals surface area contributed by atoms with E-state index < -0.39 is 0 Å². The number of amides is 1. The number of pyridine rings is 1. The number of nitrogens with one attached hydrogen (secondary N) is 1. The van der Waals surface area contributed by atoms with Crippen LogP contribution in [0.1, 0.15) is 33.0 Å². The molecule has 6 nitrogen and oxygen atoms in total. The largest absolute Gasteiger partial charge is 0.273 e. The van der Waals surface area contributed by atoms with Crippen LogP contribution in [0.25, 0.3) is 0 Å². The Balaban J connectivity index is 2.41. The smallest absolute Gasteiger partial charge is 0.272 e. The Morgan fingerprint density at radius 3 is 2.35 bits per heavy atom. The number of carbonyl (C=O) groups excluding carboxylic acids is 1. The van der Waals surface area contributed by atoms with Crippen LogP contribution in [0.15, 0.2) is 16.9 Å². The molecule has 0 saturated heterocycles. The summed E-state index contributed by atoms with van der Waals surface area (Å²) in [7, 11) is 1.78. The fraction of sp³-hybridized carbons (Fsp3) is 0.357. The highest BCUT2D eigenvalue weighted by molar-refractivity contribution is 6.01. The van der Waals surface area contributed by atoms with Gasteiger partial charge >= 0.3 is 0 Å². The van der Waals surface area contributed by atoms with E-state index in [1.807, 2.05) is 19.9 Å². The van der Waals surface area contributed by atoms with Gasteiger partial charge in [0.15, 0.2) is 0 Å². The van der Waals surface area contributed by atoms with Crippen LogP contribution in [0, 0.1) is 27.7 Å². The Bertz CT molecular complexity index is 740. The summed E-state index contributed by atoms with van der Waals surface area (Å²) in [6.07, 6.45) is 0. The van der Waals surface area contributed by atoms with Crippen LogP contribution in [0.5, 0.6) is 0 Å². The molecule has 0 unspecified atom stereocenters. The molecule has 6 heteroatoms. The zero-order valence-electron chi connectivity index (χ0n) is 12.3. The summed E-state index contributed by atoms with van der Waals surface area (Å²) < 4.78 is 2.90. The van der Waals surface area contributed by atoms with Crippen molar-refractivity contribution in [2.45, 2.75) is 27.7 Å². The molecule has 0 aliphatic heterocycles. The van der Waals surface area contributed by atoms with Crippen LogP contribution < -0.4 is 11.0 Å². The number of aromatic nitrogens is 3. The van der Waals surface area contributed by atoms with Gasteiger partial charge in [-0.25, -0.2) is 4.68 Å². The molecule has 0 bridgehead atoms. The quantitative estimate of drug-likeness (QED) is 0.894. The summed E-state index contributed by atoms with van der Waals surface area (Å²) in [5, 5.41) is 4.20. The molecule has 106 valence electrons. The van der Waals surface area contributed by atoms with Crippen LogP contribution in [0.2, 0.25) is 0 Å². The van der Waals surface area contributed by atoms with Crippen molar-refractivity contribution >= 4 is 5.91 Å². The number of rotatable bonds is 2.